The molecular weight excluding hydrogens is 447 g/mol. The molecule has 0 radical (unpaired) electrons. The number of rotatable bonds is 7. The van der Waals surface area contributed by atoms with Crippen molar-refractivity contribution in [1.29, 1.82) is 0 Å². The van der Waals surface area contributed by atoms with Crippen molar-refractivity contribution in [3.05, 3.63) is 35.2 Å². The fourth-order valence-corrected chi connectivity index (χ4v) is 3.64. The first-order valence-electron chi connectivity index (χ1n) is 10.4. The van der Waals surface area contributed by atoms with E-state index in [1.54, 1.807) is 6.92 Å². The SMILES string of the molecule is CCN1CCCC(Nc2nnc(-c3ccc(C(F)(F)F)cc3OC(F)F)c(C=C(C)N)n2)C1. The normalized spacial score (nSPS) is 17.9. The van der Waals surface area contributed by atoms with Crippen LogP contribution in [0.1, 0.15) is 37.9 Å². The van der Waals surface area contributed by atoms with E-state index < -0.39 is 24.1 Å². The van der Waals surface area contributed by atoms with Crippen LogP contribution in [0, 0.1) is 0 Å². The Kier molecular flexibility index (Phi) is 7.67. The maximum Gasteiger partial charge on any atom is 0.416 e. The van der Waals surface area contributed by atoms with E-state index in [2.05, 4.69) is 37.1 Å². The molecule has 0 aliphatic carbocycles. The number of alkyl halides is 5. The Hall–Kier alpha value is -3.02. The van der Waals surface area contributed by atoms with Gasteiger partial charge in [0.1, 0.15) is 11.4 Å². The average Bonchev–Trinajstić information content (AvgIpc) is 2.73. The Labute approximate surface area is 187 Å². The minimum absolute atomic E-state index is 0.0337. The number of ether oxygens (including phenoxy) is 1. The van der Waals surface area contributed by atoms with Gasteiger partial charge in [-0.15, -0.1) is 10.2 Å². The second-order valence-corrected chi connectivity index (χ2v) is 7.72. The van der Waals surface area contributed by atoms with Gasteiger partial charge in [0.15, 0.2) is 0 Å². The van der Waals surface area contributed by atoms with E-state index in [1.807, 2.05) is 0 Å². The third-order valence-electron chi connectivity index (χ3n) is 5.14. The monoisotopic (exact) mass is 472 g/mol. The number of hydrogen-bond acceptors (Lipinski definition) is 7. The van der Waals surface area contributed by atoms with Crippen LogP contribution >= 0.6 is 0 Å². The Morgan fingerprint density at radius 3 is 2.73 bits per heavy atom. The highest BCUT2D eigenvalue weighted by Gasteiger charge is 2.32. The number of nitrogens with zero attached hydrogens (tertiary/aromatic N) is 4. The highest BCUT2D eigenvalue weighted by atomic mass is 19.4. The first-order chi connectivity index (χ1) is 15.6. The zero-order valence-electron chi connectivity index (χ0n) is 18.2. The van der Waals surface area contributed by atoms with Crippen molar-refractivity contribution >= 4 is 12.0 Å². The number of likely N-dealkylation sites (N-methyl/N-ethyl adjacent to an activating group) is 1. The van der Waals surface area contributed by atoms with Crippen molar-refractivity contribution in [1.82, 2.24) is 20.1 Å². The number of nitrogens with one attached hydrogen (secondary N) is 1. The van der Waals surface area contributed by atoms with Gasteiger partial charge in [0.2, 0.25) is 5.95 Å². The van der Waals surface area contributed by atoms with Gasteiger partial charge in [-0.05, 0) is 57.1 Å². The summed E-state index contributed by atoms with van der Waals surface area (Å²) in [7, 11) is 0. The summed E-state index contributed by atoms with van der Waals surface area (Å²) in [6.45, 7) is 3.05. The minimum atomic E-state index is -4.74. The third kappa shape index (κ3) is 6.50. The summed E-state index contributed by atoms with van der Waals surface area (Å²) in [6, 6.07) is 2.35. The van der Waals surface area contributed by atoms with Gasteiger partial charge < -0.3 is 20.7 Å². The summed E-state index contributed by atoms with van der Waals surface area (Å²) in [4.78, 5) is 6.68. The molecule has 0 bridgehead atoms. The predicted octanol–water partition coefficient (Wildman–Crippen LogP) is 4.37. The zero-order chi connectivity index (χ0) is 24.2. The number of likely N-dealkylation sites (tertiary alicyclic amines) is 1. The molecule has 2 aromatic rings. The summed E-state index contributed by atoms with van der Waals surface area (Å²) in [6.07, 6.45) is -1.38. The minimum Gasteiger partial charge on any atom is -0.434 e. The van der Waals surface area contributed by atoms with E-state index in [9.17, 15) is 22.0 Å². The van der Waals surface area contributed by atoms with Crippen molar-refractivity contribution < 1.29 is 26.7 Å². The molecule has 1 fully saturated rings. The molecule has 180 valence electrons. The standard InChI is InChI=1S/C21H25F5N6O/c1-3-32-8-4-5-14(11-32)28-20-29-16(9-12(2)27)18(30-31-20)15-7-6-13(21(24,25)26)10-17(15)33-19(22)23/h6-7,9-10,14,19H,3-5,8,11,27H2,1-2H3,(H,28,29,31). The van der Waals surface area contributed by atoms with Gasteiger partial charge in [-0.2, -0.15) is 22.0 Å². The summed E-state index contributed by atoms with van der Waals surface area (Å²) < 4.78 is 69.5. The molecule has 1 aromatic carbocycles. The predicted molar refractivity (Wildman–Crippen MR) is 113 cm³/mol. The number of hydrogen-bond donors (Lipinski definition) is 2. The van der Waals surface area contributed by atoms with E-state index in [1.165, 1.54) is 6.08 Å². The Bertz CT molecular complexity index is 994. The maximum absolute atomic E-state index is 13.1. The van der Waals surface area contributed by atoms with Crippen molar-refractivity contribution in [2.45, 2.75) is 45.5 Å². The molecule has 1 aliphatic heterocycles. The second kappa shape index (κ2) is 10.3. The van der Waals surface area contributed by atoms with E-state index >= 15 is 0 Å². The van der Waals surface area contributed by atoms with Crippen LogP contribution in [-0.2, 0) is 6.18 Å². The van der Waals surface area contributed by atoms with Crippen LogP contribution in [0.5, 0.6) is 5.75 Å². The van der Waals surface area contributed by atoms with Gasteiger partial charge in [-0.1, -0.05) is 6.92 Å². The highest BCUT2D eigenvalue weighted by Crippen LogP contribution is 2.38. The fourth-order valence-electron chi connectivity index (χ4n) is 3.64. The lowest BCUT2D eigenvalue weighted by molar-refractivity contribution is -0.138. The van der Waals surface area contributed by atoms with Crippen molar-refractivity contribution in [3.8, 4) is 17.0 Å². The van der Waals surface area contributed by atoms with Gasteiger partial charge >= 0.3 is 12.8 Å². The van der Waals surface area contributed by atoms with E-state index in [0.29, 0.717) is 11.8 Å². The molecule has 3 N–H and O–H groups in total. The molecule has 33 heavy (non-hydrogen) atoms. The van der Waals surface area contributed by atoms with Crippen LogP contribution in [0.25, 0.3) is 17.3 Å². The number of nitrogens with two attached hydrogens (primary N) is 1. The first kappa shape index (κ1) is 24.6. The topological polar surface area (TPSA) is 89.2 Å². The molecule has 0 spiro atoms. The zero-order valence-corrected chi connectivity index (χ0v) is 18.2. The van der Waals surface area contributed by atoms with Crippen molar-refractivity contribution in [2.24, 2.45) is 5.73 Å². The van der Waals surface area contributed by atoms with Crippen LogP contribution in [-0.4, -0.2) is 52.4 Å². The lowest BCUT2D eigenvalue weighted by atomic mass is 10.0. The Morgan fingerprint density at radius 2 is 2.09 bits per heavy atom. The smallest absolute Gasteiger partial charge is 0.416 e. The molecule has 1 aliphatic rings. The molecule has 1 saturated heterocycles. The first-order valence-corrected chi connectivity index (χ1v) is 10.4. The largest absolute Gasteiger partial charge is 0.434 e. The van der Waals surface area contributed by atoms with Gasteiger partial charge in [-0.25, -0.2) is 4.98 Å². The molecule has 2 heterocycles. The summed E-state index contributed by atoms with van der Waals surface area (Å²) >= 11 is 0. The van der Waals surface area contributed by atoms with Gasteiger partial charge in [-0.3, -0.25) is 0 Å². The molecule has 12 heteroatoms. The van der Waals surface area contributed by atoms with Crippen LogP contribution < -0.4 is 15.8 Å². The number of aromatic nitrogens is 3. The van der Waals surface area contributed by atoms with Crippen molar-refractivity contribution in [3.63, 3.8) is 0 Å². The molecule has 1 aromatic heterocycles. The fraction of sp³-hybridized carbons (Fsp3) is 0.476. The van der Waals surface area contributed by atoms with Gasteiger partial charge in [0.25, 0.3) is 0 Å². The van der Waals surface area contributed by atoms with Gasteiger partial charge in [0, 0.05) is 23.8 Å². The molecule has 1 atom stereocenters. The summed E-state index contributed by atoms with van der Waals surface area (Å²) in [5.74, 6) is -0.482. The summed E-state index contributed by atoms with van der Waals surface area (Å²) in [5.41, 5.74) is 5.00. The molecule has 0 saturated carbocycles. The van der Waals surface area contributed by atoms with Crippen molar-refractivity contribution in [2.75, 3.05) is 25.0 Å². The Morgan fingerprint density at radius 1 is 1.33 bits per heavy atom. The molecule has 3 rings (SSSR count). The van der Waals surface area contributed by atoms with E-state index in [-0.39, 0.29) is 28.9 Å². The quantitative estimate of drug-likeness (QED) is 0.579. The van der Waals surface area contributed by atoms with E-state index in [0.717, 1.165) is 44.6 Å². The summed E-state index contributed by atoms with van der Waals surface area (Å²) in [5, 5.41) is 11.3. The van der Waals surface area contributed by atoms with E-state index in [4.69, 9.17) is 5.73 Å². The lowest BCUT2D eigenvalue weighted by Gasteiger charge is -2.32. The van der Waals surface area contributed by atoms with Crippen LogP contribution in [0.15, 0.2) is 23.9 Å². The number of halogens is 5. The molecule has 7 nitrogen and oxygen atoms in total. The van der Waals surface area contributed by atoms with Crippen LogP contribution in [0.2, 0.25) is 0 Å². The second-order valence-electron chi connectivity index (χ2n) is 7.72. The Balaban J connectivity index is 2.01. The van der Waals surface area contributed by atoms with Crippen LogP contribution in [0.4, 0.5) is 27.9 Å². The lowest BCUT2D eigenvalue weighted by Crippen LogP contribution is -2.42. The third-order valence-corrected chi connectivity index (χ3v) is 5.14. The molecule has 0 amide bonds. The molecule has 1 unspecified atom stereocenters. The number of piperidine rings is 1. The van der Waals surface area contributed by atoms with Gasteiger partial charge in [0.05, 0.1) is 11.3 Å². The highest BCUT2D eigenvalue weighted by molar-refractivity contribution is 5.75. The maximum atomic E-state index is 13.1. The number of anilines is 1. The molecular formula is C21H25F5N6O. The van der Waals surface area contributed by atoms with Crippen LogP contribution in [0.3, 0.4) is 0 Å². The number of benzene rings is 1. The number of allylic oxidation sites excluding steroid dienone is 1. The average molecular weight is 472 g/mol.